The molecule has 1 aromatic rings. The molecule has 2 aliphatic rings. The van der Waals surface area contributed by atoms with Crippen LogP contribution >= 0.6 is 11.6 Å². The Hall–Kier alpha value is -1.50. The third-order valence-electron chi connectivity index (χ3n) is 5.72. The van der Waals surface area contributed by atoms with E-state index in [1.807, 2.05) is 12.1 Å². The molecule has 1 saturated heterocycles. The molecule has 6 nitrogen and oxygen atoms in total. The molecule has 1 aromatic carbocycles. The topological polar surface area (TPSA) is 63.1 Å². The Morgan fingerprint density at radius 3 is 2.57 bits per heavy atom. The predicted molar refractivity (Wildman–Crippen MR) is 117 cm³/mol. The zero-order valence-corrected chi connectivity index (χ0v) is 17.9. The molecule has 28 heavy (non-hydrogen) atoms. The van der Waals surface area contributed by atoms with Crippen molar-refractivity contribution in [2.75, 3.05) is 44.7 Å². The van der Waals surface area contributed by atoms with Crippen molar-refractivity contribution in [1.82, 2.24) is 15.5 Å². The van der Waals surface area contributed by atoms with Gasteiger partial charge in [0.1, 0.15) is 0 Å². The fourth-order valence-corrected chi connectivity index (χ4v) is 4.17. The molecule has 1 aliphatic carbocycles. The van der Waals surface area contributed by atoms with Crippen LogP contribution in [0.1, 0.15) is 38.2 Å². The number of nitrogens with zero attached hydrogens (tertiary/aromatic N) is 3. The van der Waals surface area contributed by atoms with Gasteiger partial charge in [0.25, 0.3) is 0 Å². The van der Waals surface area contributed by atoms with Crippen molar-refractivity contribution >= 4 is 23.2 Å². The number of aliphatic hydroxyl groups is 1. The molecule has 0 radical (unpaired) electrons. The SMILES string of the molecule is CCNC(=NCc1c(Cl)cccc1N1CCN(C)CC1)NC1CCC(O)CC1. The lowest BCUT2D eigenvalue weighted by Crippen LogP contribution is -2.45. The summed E-state index contributed by atoms with van der Waals surface area (Å²) >= 11 is 6.57. The highest BCUT2D eigenvalue weighted by Gasteiger charge is 2.21. The number of halogens is 1. The number of likely N-dealkylation sites (N-methyl/N-ethyl adjacent to an activating group) is 1. The van der Waals surface area contributed by atoms with E-state index in [0.717, 1.165) is 75.0 Å². The first-order valence-corrected chi connectivity index (χ1v) is 10.9. The van der Waals surface area contributed by atoms with E-state index in [0.29, 0.717) is 12.6 Å². The summed E-state index contributed by atoms with van der Waals surface area (Å²) in [5.41, 5.74) is 2.28. The summed E-state index contributed by atoms with van der Waals surface area (Å²) in [6.45, 7) is 7.58. The molecule has 0 aromatic heterocycles. The van der Waals surface area contributed by atoms with Gasteiger partial charge < -0.3 is 25.5 Å². The Bertz CT molecular complexity index is 652. The van der Waals surface area contributed by atoms with Crippen LogP contribution in [0.4, 0.5) is 5.69 Å². The molecule has 7 heteroatoms. The van der Waals surface area contributed by atoms with Crippen LogP contribution in [0, 0.1) is 0 Å². The summed E-state index contributed by atoms with van der Waals surface area (Å²) in [7, 11) is 2.17. The Labute approximate surface area is 174 Å². The number of piperazine rings is 1. The fourth-order valence-electron chi connectivity index (χ4n) is 3.94. The van der Waals surface area contributed by atoms with E-state index >= 15 is 0 Å². The summed E-state index contributed by atoms with van der Waals surface area (Å²) in [5, 5.41) is 17.4. The summed E-state index contributed by atoms with van der Waals surface area (Å²) in [6.07, 6.45) is 3.52. The highest BCUT2D eigenvalue weighted by molar-refractivity contribution is 6.31. The number of nitrogens with one attached hydrogen (secondary N) is 2. The molecule has 1 heterocycles. The smallest absolute Gasteiger partial charge is 0.191 e. The van der Waals surface area contributed by atoms with Crippen molar-refractivity contribution < 1.29 is 5.11 Å². The van der Waals surface area contributed by atoms with Crippen LogP contribution in [0.5, 0.6) is 0 Å². The molecule has 0 unspecified atom stereocenters. The van der Waals surface area contributed by atoms with E-state index in [2.05, 4.69) is 40.5 Å². The van der Waals surface area contributed by atoms with E-state index < -0.39 is 0 Å². The molecule has 3 N–H and O–H groups in total. The first-order valence-electron chi connectivity index (χ1n) is 10.5. The minimum Gasteiger partial charge on any atom is -0.393 e. The second-order valence-electron chi connectivity index (χ2n) is 7.87. The van der Waals surface area contributed by atoms with Crippen molar-refractivity contribution in [3.63, 3.8) is 0 Å². The lowest BCUT2D eigenvalue weighted by molar-refractivity contribution is 0.120. The van der Waals surface area contributed by atoms with Gasteiger partial charge >= 0.3 is 0 Å². The molecule has 0 amide bonds. The van der Waals surface area contributed by atoms with Gasteiger partial charge in [0.05, 0.1) is 12.6 Å². The molecular formula is C21H34ClN5O. The van der Waals surface area contributed by atoms with Gasteiger partial charge in [0.15, 0.2) is 5.96 Å². The zero-order valence-electron chi connectivity index (χ0n) is 17.1. The number of hydrogen-bond acceptors (Lipinski definition) is 4. The zero-order chi connectivity index (χ0) is 19.9. The highest BCUT2D eigenvalue weighted by Crippen LogP contribution is 2.29. The third kappa shape index (κ3) is 5.75. The second-order valence-corrected chi connectivity index (χ2v) is 8.28. The molecule has 2 fully saturated rings. The summed E-state index contributed by atoms with van der Waals surface area (Å²) < 4.78 is 0. The first kappa shape index (κ1) is 21.2. The minimum absolute atomic E-state index is 0.146. The van der Waals surface area contributed by atoms with Crippen molar-refractivity contribution in [3.05, 3.63) is 28.8 Å². The molecule has 1 saturated carbocycles. The molecule has 0 atom stereocenters. The van der Waals surface area contributed by atoms with Crippen LogP contribution in [-0.4, -0.2) is 67.9 Å². The Balaban J connectivity index is 1.71. The molecule has 156 valence electrons. The van der Waals surface area contributed by atoms with Crippen molar-refractivity contribution in [3.8, 4) is 0 Å². The van der Waals surface area contributed by atoms with Gasteiger partial charge in [-0.05, 0) is 51.8 Å². The number of benzene rings is 1. The minimum atomic E-state index is -0.146. The molecular weight excluding hydrogens is 374 g/mol. The molecule has 0 bridgehead atoms. The van der Waals surface area contributed by atoms with Gasteiger partial charge in [0, 0.05) is 55.0 Å². The van der Waals surface area contributed by atoms with Crippen LogP contribution in [0.15, 0.2) is 23.2 Å². The van der Waals surface area contributed by atoms with Crippen molar-refractivity contribution in [2.45, 2.75) is 51.3 Å². The number of aliphatic hydroxyl groups excluding tert-OH is 1. The van der Waals surface area contributed by atoms with E-state index in [1.165, 1.54) is 5.69 Å². The van der Waals surface area contributed by atoms with Gasteiger partial charge in [-0.2, -0.15) is 0 Å². The van der Waals surface area contributed by atoms with Crippen LogP contribution in [0.3, 0.4) is 0 Å². The quantitative estimate of drug-likeness (QED) is 0.517. The maximum atomic E-state index is 9.72. The second kappa shape index (κ2) is 10.3. The van der Waals surface area contributed by atoms with E-state index in [-0.39, 0.29) is 6.10 Å². The monoisotopic (exact) mass is 407 g/mol. The van der Waals surface area contributed by atoms with Gasteiger partial charge in [-0.1, -0.05) is 17.7 Å². The maximum absolute atomic E-state index is 9.72. The van der Waals surface area contributed by atoms with E-state index in [4.69, 9.17) is 16.6 Å². The van der Waals surface area contributed by atoms with Crippen molar-refractivity contribution in [1.29, 1.82) is 0 Å². The largest absolute Gasteiger partial charge is 0.393 e. The summed E-state index contributed by atoms with van der Waals surface area (Å²) in [4.78, 5) is 9.61. The molecule has 3 rings (SSSR count). The van der Waals surface area contributed by atoms with Crippen LogP contribution in [0.2, 0.25) is 5.02 Å². The average molecular weight is 408 g/mol. The number of hydrogen-bond donors (Lipinski definition) is 3. The highest BCUT2D eigenvalue weighted by atomic mass is 35.5. The molecule has 0 spiro atoms. The lowest BCUT2D eigenvalue weighted by atomic mass is 9.93. The first-order chi connectivity index (χ1) is 13.6. The van der Waals surface area contributed by atoms with Gasteiger partial charge in [0.2, 0.25) is 0 Å². The third-order valence-corrected chi connectivity index (χ3v) is 6.07. The standard InChI is InChI=1S/C21H34ClN5O/c1-3-23-21(25-16-7-9-17(28)10-8-16)24-15-18-19(22)5-4-6-20(18)27-13-11-26(2)12-14-27/h4-6,16-17,28H,3,7-15H2,1-2H3,(H2,23,24,25). The molecule has 1 aliphatic heterocycles. The number of aliphatic imine (C=N–C) groups is 1. The average Bonchev–Trinajstić information content (AvgIpc) is 2.69. The summed E-state index contributed by atoms with van der Waals surface area (Å²) in [5.74, 6) is 0.827. The predicted octanol–water partition coefficient (Wildman–Crippen LogP) is 2.45. The van der Waals surface area contributed by atoms with E-state index in [9.17, 15) is 5.11 Å². The van der Waals surface area contributed by atoms with Crippen molar-refractivity contribution in [2.24, 2.45) is 4.99 Å². The van der Waals surface area contributed by atoms with Crippen LogP contribution < -0.4 is 15.5 Å². The Morgan fingerprint density at radius 2 is 1.89 bits per heavy atom. The number of anilines is 1. The van der Waals surface area contributed by atoms with E-state index in [1.54, 1.807) is 0 Å². The fraction of sp³-hybridized carbons (Fsp3) is 0.667. The Morgan fingerprint density at radius 1 is 1.18 bits per heavy atom. The van der Waals surface area contributed by atoms with Gasteiger partial charge in [-0.25, -0.2) is 4.99 Å². The van der Waals surface area contributed by atoms with Crippen LogP contribution in [0.25, 0.3) is 0 Å². The number of guanidine groups is 1. The van der Waals surface area contributed by atoms with Gasteiger partial charge in [-0.15, -0.1) is 0 Å². The maximum Gasteiger partial charge on any atom is 0.191 e. The van der Waals surface area contributed by atoms with Crippen LogP contribution in [-0.2, 0) is 6.54 Å². The normalized spacial score (nSPS) is 24.3. The lowest BCUT2D eigenvalue weighted by Gasteiger charge is -2.35. The van der Waals surface area contributed by atoms with Gasteiger partial charge in [-0.3, -0.25) is 0 Å². The Kier molecular flexibility index (Phi) is 7.82. The summed E-state index contributed by atoms with van der Waals surface area (Å²) in [6, 6.07) is 6.50. The number of rotatable bonds is 5.